The summed E-state index contributed by atoms with van der Waals surface area (Å²) in [5.74, 6) is 1.00. The summed E-state index contributed by atoms with van der Waals surface area (Å²) in [5.41, 5.74) is 4.88. The minimum Gasteiger partial charge on any atom is -0.342 e. The molecule has 100 valence electrons. The summed E-state index contributed by atoms with van der Waals surface area (Å²) in [6.45, 7) is 0. The summed E-state index contributed by atoms with van der Waals surface area (Å²) >= 11 is 2.38. The zero-order valence-electron chi connectivity index (χ0n) is 11.0. The molecule has 1 aromatic heterocycles. The first-order valence-corrected chi connectivity index (χ1v) is 8.11. The van der Waals surface area contributed by atoms with E-state index in [9.17, 15) is 0 Å². The monoisotopic (exact) mass is 374 g/mol. The number of H-pyrrole nitrogens is 1. The quantitative estimate of drug-likeness (QED) is 0.525. The highest BCUT2D eigenvalue weighted by Gasteiger charge is 2.04. The number of hydrogen-bond acceptors (Lipinski definition) is 1. The normalized spacial score (nSPS) is 10.7. The lowest BCUT2D eigenvalue weighted by Crippen LogP contribution is -1.90. The summed E-state index contributed by atoms with van der Waals surface area (Å²) < 4.78 is 1.04. The van der Waals surface area contributed by atoms with Gasteiger partial charge in [-0.15, -0.1) is 0 Å². The number of aromatic amines is 1. The van der Waals surface area contributed by atoms with Crippen LogP contribution < -0.4 is 0 Å². The van der Waals surface area contributed by atoms with Crippen LogP contribution in [0.1, 0.15) is 17.0 Å². The summed E-state index contributed by atoms with van der Waals surface area (Å²) in [6, 6.07) is 19.0. The molecule has 3 rings (SSSR count). The number of halogens is 1. The van der Waals surface area contributed by atoms with Gasteiger partial charge in [0.05, 0.1) is 11.9 Å². The molecule has 0 saturated carbocycles. The third-order valence-electron chi connectivity index (χ3n) is 3.26. The lowest BCUT2D eigenvalue weighted by molar-refractivity contribution is 1.03. The van der Waals surface area contributed by atoms with Crippen LogP contribution >= 0.6 is 22.6 Å². The predicted octanol–water partition coefficient (Wildman–Crippen LogP) is 4.60. The molecule has 3 heteroatoms. The van der Waals surface area contributed by atoms with E-state index in [0.29, 0.717) is 0 Å². The minimum atomic E-state index is 0.840. The number of aromatic nitrogens is 2. The summed E-state index contributed by atoms with van der Waals surface area (Å²) in [4.78, 5) is 7.88. The highest BCUT2D eigenvalue weighted by atomic mass is 127. The van der Waals surface area contributed by atoms with E-state index in [1.54, 1.807) is 0 Å². The van der Waals surface area contributed by atoms with Gasteiger partial charge in [-0.25, -0.2) is 4.98 Å². The van der Waals surface area contributed by atoms with Crippen molar-refractivity contribution in [1.82, 2.24) is 9.97 Å². The maximum atomic E-state index is 4.47. The van der Waals surface area contributed by atoms with E-state index in [4.69, 9.17) is 0 Å². The van der Waals surface area contributed by atoms with Crippen molar-refractivity contribution in [2.75, 3.05) is 0 Å². The Hall–Kier alpha value is -1.62. The first-order chi connectivity index (χ1) is 9.85. The highest BCUT2D eigenvalue weighted by molar-refractivity contribution is 14.1. The smallest absolute Gasteiger partial charge is 0.110 e. The molecule has 0 aliphatic carbocycles. The van der Waals surface area contributed by atoms with Crippen LogP contribution in [0.3, 0.4) is 0 Å². The maximum Gasteiger partial charge on any atom is 0.110 e. The molecule has 0 aliphatic rings. The van der Waals surface area contributed by atoms with Crippen LogP contribution in [0.25, 0.3) is 11.3 Å². The van der Waals surface area contributed by atoms with E-state index < -0.39 is 0 Å². The van der Waals surface area contributed by atoms with Gasteiger partial charge in [-0.05, 0) is 16.7 Å². The number of nitrogens with zero attached hydrogens (tertiary/aromatic N) is 1. The Morgan fingerprint density at radius 3 is 2.35 bits per heavy atom. The van der Waals surface area contributed by atoms with Gasteiger partial charge in [-0.1, -0.05) is 77.2 Å². The predicted molar refractivity (Wildman–Crippen MR) is 91.0 cm³/mol. The minimum absolute atomic E-state index is 0.840. The van der Waals surface area contributed by atoms with Gasteiger partial charge in [-0.3, -0.25) is 0 Å². The molecule has 0 spiro atoms. The molecular weight excluding hydrogens is 359 g/mol. The molecule has 2 aromatic carbocycles. The molecule has 3 aromatic rings. The second kappa shape index (κ2) is 6.22. The number of rotatable bonds is 4. The average molecular weight is 374 g/mol. The van der Waals surface area contributed by atoms with Crippen LogP contribution in [-0.2, 0) is 10.8 Å². The van der Waals surface area contributed by atoms with Crippen LogP contribution in [-0.4, -0.2) is 9.97 Å². The highest BCUT2D eigenvalue weighted by Crippen LogP contribution is 2.19. The Labute approximate surface area is 132 Å². The topological polar surface area (TPSA) is 28.7 Å². The number of benzene rings is 2. The summed E-state index contributed by atoms with van der Waals surface area (Å²) in [7, 11) is 0. The fourth-order valence-electron chi connectivity index (χ4n) is 2.16. The Morgan fingerprint density at radius 2 is 1.65 bits per heavy atom. The molecule has 2 nitrogen and oxygen atoms in total. The molecule has 0 aliphatic heterocycles. The molecule has 0 atom stereocenters. The van der Waals surface area contributed by atoms with Gasteiger partial charge in [0.25, 0.3) is 0 Å². The third kappa shape index (κ3) is 3.10. The van der Waals surface area contributed by atoms with Crippen LogP contribution in [0, 0.1) is 0 Å². The van der Waals surface area contributed by atoms with Crippen molar-refractivity contribution >= 4 is 22.6 Å². The third-order valence-corrected chi connectivity index (χ3v) is 4.14. The van der Waals surface area contributed by atoms with Crippen LogP contribution in [0.15, 0.2) is 60.8 Å². The van der Waals surface area contributed by atoms with Crippen molar-refractivity contribution in [2.45, 2.75) is 10.8 Å². The molecule has 0 radical (unpaired) electrons. The average Bonchev–Trinajstić information content (AvgIpc) is 2.97. The van der Waals surface area contributed by atoms with Crippen molar-refractivity contribution in [3.05, 3.63) is 77.7 Å². The molecular formula is C17H15IN2. The Morgan fingerprint density at radius 1 is 0.900 bits per heavy atom. The maximum absolute atomic E-state index is 4.47. The fourth-order valence-corrected chi connectivity index (χ4v) is 2.67. The van der Waals surface area contributed by atoms with Gasteiger partial charge < -0.3 is 4.98 Å². The van der Waals surface area contributed by atoms with Crippen LogP contribution in [0.2, 0.25) is 0 Å². The number of hydrogen-bond donors (Lipinski definition) is 1. The summed E-state index contributed by atoms with van der Waals surface area (Å²) in [5, 5.41) is 0. The van der Waals surface area contributed by atoms with Crippen molar-refractivity contribution in [3.8, 4) is 11.3 Å². The first kappa shape index (κ1) is 13.4. The lowest BCUT2D eigenvalue weighted by atomic mass is 10.1. The lowest BCUT2D eigenvalue weighted by Gasteiger charge is -2.00. The van der Waals surface area contributed by atoms with Crippen LogP contribution in [0.5, 0.6) is 0 Å². The second-order valence-corrected chi connectivity index (χ2v) is 5.50. The molecule has 0 unspecified atom stereocenters. The van der Waals surface area contributed by atoms with E-state index in [2.05, 4.69) is 81.1 Å². The van der Waals surface area contributed by atoms with Gasteiger partial charge in [0.15, 0.2) is 0 Å². The molecule has 0 fully saturated rings. The van der Waals surface area contributed by atoms with Crippen molar-refractivity contribution in [2.24, 2.45) is 0 Å². The first-order valence-electron chi connectivity index (χ1n) is 6.58. The number of alkyl halides is 1. The zero-order chi connectivity index (χ0) is 13.8. The fraction of sp³-hybridized carbons (Fsp3) is 0.118. The molecule has 0 bridgehead atoms. The van der Waals surface area contributed by atoms with Crippen molar-refractivity contribution in [1.29, 1.82) is 0 Å². The van der Waals surface area contributed by atoms with E-state index in [1.807, 2.05) is 12.3 Å². The molecule has 0 saturated heterocycles. The number of imidazole rings is 1. The Balaban J connectivity index is 1.79. The van der Waals surface area contributed by atoms with Gasteiger partial charge >= 0.3 is 0 Å². The largest absolute Gasteiger partial charge is 0.342 e. The van der Waals surface area contributed by atoms with E-state index in [1.165, 1.54) is 16.7 Å². The van der Waals surface area contributed by atoms with Crippen molar-refractivity contribution in [3.63, 3.8) is 0 Å². The second-order valence-electron chi connectivity index (χ2n) is 4.74. The molecule has 20 heavy (non-hydrogen) atoms. The van der Waals surface area contributed by atoms with Gasteiger partial charge in [-0.2, -0.15) is 0 Å². The van der Waals surface area contributed by atoms with E-state index in [0.717, 1.165) is 22.4 Å². The zero-order valence-corrected chi connectivity index (χ0v) is 13.2. The van der Waals surface area contributed by atoms with Gasteiger partial charge in [0, 0.05) is 10.8 Å². The Bertz CT molecular complexity index is 672. The SMILES string of the molecule is ICc1ccc(-c2cnc(Cc3ccccc3)[nH]2)cc1. The van der Waals surface area contributed by atoms with Crippen molar-refractivity contribution < 1.29 is 0 Å². The van der Waals surface area contributed by atoms with Crippen LogP contribution in [0.4, 0.5) is 0 Å². The Kier molecular flexibility index (Phi) is 4.16. The van der Waals surface area contributed by atoms with Gasteiger partial charge in [0.1, 0.15) is 5.82 Å². The number of nitrogens with one attached hydrogen (secondary N) is 1. The molecule has 0 amide bonds. The van der Waals surface area contributed by atoms with E-state index in [-0.39, 0.29) is 0 Å². The standard InChI is InChI=1S/C17H15IN2/c18-11-14-6-8-15(9-7-14)16-12-19-17(20-16)10-13-4-2-1-3-5-13/h1-9,12H,10-11H2,(H,19,20). The van der Waals surface area contributed by atoms with E-state index >= 15 is 0 Å². The molecule has 1 heterocycles. The summed E-state index contributed by atoms with van der Waals surface area (Å²) in [6.07, 6.45) is 2.75. The molecule has 1 N–H and O–H groups in total. The van der Waals surface area contributed by atoms with Gasteiger partial charge in [0.2, 0.25) is 0 Å².